The Hall–Kier alpha value is -2.76. The molecule has 6 heteroatoms. The van der Waals surface area contributed by atoms with Gasteiger partial charge in [0.05, 0.1) is 24.6 Å². The first kappa shape index (κ1) is 15.6. The summed E-state index contributed by atoms with van der Waals surface area (Å²) in [7, 11) is 1.29. The van der Waals surface area contributed by atoms with Gasteiger partial charge < -0.3 is 4.74 Å². The van der Waals surface area contributed by atoms with Gasteiger partial charge >= 0.3 is 5.97 Å². The molecule has 114 valence electrons. The fourth-order valence-corrected chi connectivity index (χ4v) is 1.77. The van der Waals surface area contributed by atoms with Gasteiger partial charge in [0.15, 0.2) is 5.78 Å². The van der Waals surface area contributed by atoms with Crippen LogP contribution in [0.1, 0.15) is 46.4 Å². The summed E-state index contributed by atoms with van der Waals surface area (Å²) in [5.41, 5.74) is 1.21. The van der Waals surface area contributed by atoms with Crippen molar-refractivity contribution in [3.05, 3.63) is 53.6 Å². The second-order valence-electron chi connectivity index (χ2n) is 4.94. The van der Waals surface area contributed by atoms with E-state index in [0.29, 0.717) is 11.3 Å². The average molecular weight is 299 g/mol. The number of rotatable bonds is 5. The molecule has 0 bridgehead atoms. The number of nitrogens with zero attached hydrogens (tertiary/aromatic N) is 3. The number of ether oxygens (including phenoxy) is 1. The molecule has 2 rings (SSSR count). The first-order chi connectivity index (χ1) is 10.5. The molecule has 0 fully saturated rings. The van der Waals surface area contributed by atoms with E-state index < -0.39 is 5.97 Å². The number of allylic oxidation sites excluding steroid dienone is 1. The number of hydrogen-bond acceptors (Lipinski definition) is 5. The quantitative estimate of drug-likeness (QED) is 0.482. The van der Waals surface area contributed by atoms with Gasteiger partial charge in [-0.2, -0.15) is 5.10 Å². The Kier molecular flexibility index (Phi) is 4.83. The second kappa shape index (κ2) is 6.80. The molecule has 2 aromatic rings. The molecule has 0 unspecified atom stereocenters. The monoisotopic (exact) mass is 299 g/mol. The summed E-state index contributed by atoms with van der Waals surface area (Å²) in [6, 6.07) is 5.13. The highest BCUT2D eigenvalue weighted by Gasteiger charge is 2.08. The predicted molar refractivity (Wildman–Crippen MR) is 81.6 cm³/mol. The van der Waals surface area contributed by atoms with Crippen molar-refractivity contribution in [1.82, 2.24) is 14.8 Å². The van der Waals surface area contributed by atoms with E-state index in [-0.39, 0.29) is 17.5 Å². The smallest absolute Gasteiger partial charge is 0.356 e. The molecular formula is C16H17N3O3. The summed E-state index contributed by atoms with van der Waals surface area (Å²) < 4.78 is 6.33. The van der Waals surface area contributed by atoms with E-state index in [1.54, 1.807) is 35.2 Å². The Labute approximate surface area is 128 Å². The van der Waals surface area contributed by atoms with E-state index in [1.165, 1.54) is 19.4 Å². The fraction of sp³-hybridized carbons (Fsp3) is 0.250. The Balaban J connectivity index is 2.13. The van der Waals surface area contributed by atoms with Crippen LogP contribution in [0.25, 0.3) is 6.08 Å². The Morgan fingerprint density at radius 2 is 2.09 bits per heavy atom. The number of methoxy groups -OCH3 is 1. The van der Waals surface area contributed by atoms with Crippen LogP contribution in [-0.2, 0) is 4.74 Å². The summed E-state index contributed by atoms with van der Waals surface area (Å²) in [4.78, 5) is 27.6. The average Bonchev–Trinajstić information content (AvgIpc) is 3.02. The van der Waals surface area contributed by atoms with Crippen molar-refractivity contribution >= 4 is 17.8 Å². The highest BCUT2D eigenvalue weighted by Crippen LogP contribution is 2.08. The molecule has 22 heavy (non-hydrogen) atoms. The second-order valence-corrected chi connectivity index (χ2v) is 4.94. The summed E-state index contributed by atoms with van der Waals surface area (Å²) in [6.07, 6.45) is 6.20. The van der Waals surface area contributed by atoms with Gasteiger partial charge in [0.2, 0.25) is 0 Å². The Bertz CT molecular complexity index is 717. The van der Waals surface area contributed by atoms with Crippen molar-refractivity contribution in [2.45, 2.75) is 19.9 Å². The molecule has 0 aliphatic rings. The largest absolute Gasteiger partial charge is 0.464 e. The summed E-state index contributed by atoms with van der Waals surface area (Å²) in [5.74, 6) is -0.683. The van der Waals surface area contributed by atoms with Gasteiger partial charge in [-0.3, -0.25) is 9.48 Å². The lowest BCUT2D eigenvalue weighted by Gasteiger charge is -2.02. The van der Waals surface area contributed by atoms with Crippen LogP contribution in [0, 0.1) is 0 Å². The maximum atomic E-state index is 12.1. The van der Waals surface area contributed by atoms with Crippen molar-refractivity contribution in [3.63, 3.8) is 0 Å². The van der Waals surface area contributed by atoms with Crippen molar-refractivity contribution in [1.29, 1.82) is 0 Å². The molecule has 0 aromatic carbocycles. The van der Waals surface area contributed by atoms with E-state index in [1.807, 2.05) is 13.8 Å². The van der Waals surface area contributed by atoms with Gasteiger partial charge in [0.25, 0.3) is 0 Å². The number of esters is 1. The van der Waals surface area contributed by atoms with Crippen LogP contribution in [-0.4, -0.2) is 33.6 Å². The third kappa shape index (κ3) is 3.66. The number of carbonyl (C=O) groups is 2. The third-order valence-corrected chi connectivity index (χ3v) is 2.99. The Morgan fingerprint density at radius 3 is 2.73 bits per heavy atom. The number of pyridine rings is 1. The van der Waals surface area contributed by atoms with Crippen LogP contribution >= 0.6 is 0 Å². The van der Waals surface area contributed by atoms with E-state index in [0.717, 1.165) is 0 Å². The molecule has 0 N–H and O–H groups in total. The normalized spacial score (nSPS) is 11.1. The first-order valence-electron chi connectivity index (χ1n) is 6.83. The highest BCUT2D eigenvalue weighted by molar-refractivity contribution is 6.06. The maximum Gasteiger partial charge on any atom is 0.356 e. The first-order valence-corrected chi connectivity index (χ1v) is 6.83. The standard InChI is InChI=1S/C16H17N3O3/c1-11(2)19-10-12(9-17-19)15(20)8-7-13-5-4-6-14(18-13)16(21)22-3/h4-11H,1-3H3/b8-7+. The van der Waals surface area contributed by atoms with Gasteiger partial charge in [-0.15, -0.1) is 0 Å². The van der Waals surface area contributed by atoms with Crippen LogP contribution in [0.5, 0.6) is 0 Å². The van der Waals surface area contributed by atoms with Gasteiger partial charge in [-0.1, -0.05) is 6.07 Å². The number of ketones is 1. The molecule has 0 aliphatic carbocycles. The molecule has 0 radical (unpaired) electrons. The summed E-state index contributed by atoms with van der Waals surface area (Å²) >= 11 is 0. The van der Waals surface area contributed by atoms with Crippen molar-refractivity contribution in [3.8, 4) is 0 Å². The number of aromatic nitrogens is 3. The number of hydrogen-bond donors (Lipinski definition) is 0. The molecule has 0 atom stereocenters. The van der Waals surface area contributed by atoms with Crippen LogP contribution in [0.2, 0.25) is 0 Å². The van der Waals surface area contributed by atoms with Crippen LogP contribution in [0.3, 0.4) is 0 Å². The maximum absolute atomic E-state index is 12.1. The van der Waals surface area contributed by atoms with Gasteiger partial charge in [-0.05, 0) is 38.1 Å². The molecular weight excluding hydrogens is 282 g/mol. The zero-order chi connectivity index (χ0) is 16.1. The highest BCUT2D eigenvalue weighted by atomic mass is 16.5. The summed E-state index contributed by atoms with van der Waals surface area (Å²) in [5, 5.41) is 4.13. The van der Waals surface area contributed by atoms with E-state index in [2.05, 4.69) is 14.8 Å². The van der Waals surface area contributed by atoms with Crippen molar-refractivity contribution in [2.24, 2.45) is 0 Å². The van der Waals surface area contributed by atoms with Crippen molar-refractivity contribution < 1.29 is 14.3 Å². The Morgan fingerprint density at radius 1 is 1.32 bits per heavy atom. The molecule has 0 aliphatic heterocycles. The third-order valence-electron chi connectivity index (χ3n) is 2.99. The molecule has 0 saturated heterocycles. The lowest BCUT2D eigenvalue weighted by molar-refractivity contribution is 0.0594. The van der Waals surface area contributed by atoms with Gasteiger partial charge in [0.1, 0.15) is 5.69 Å². The van der Waals surface area contributed by atoms with Crippen LogP contribution < -0.4 is 0 Å². The minimum absolute atomic E-state index is 0.169. The lowest BCUT2D eigenvalue weighted by Crippen LogP contribution is -2.04. The van der Waals surface area contributed by atoms with E-state index >= 15 is 0 Å². The SMILES string of the molecule is COC(=O)c1cccc(/C=C/C(=O)c2cnn(C(C)C)c2)n1. The predicted octanol–water partition coefficient (Wildman–Crippen LogP) is 2.54. The topological polar surface area (TPSA) is 74.1 Å². The van der Waals surface area contributed by atoms with Gasteiger partial charge in [0, 0.05) is 12.2 Å². The minimum Gasteiger partial charge on any atom is -0.464 e. The lowest BCUT2D eigenvalue weighted by atomic mass is 10.2. The van der Waals surface area contributed by atoms with Gasteiger partial charge in [-0.25, -0.2) is 9.78 Å². The minimum atomic E-state index is -0.514. The fourth-order valence-electron chi connectivity index (χ4n) is 1.77. The molecule has 0 saturated carbocycles. The van der Waals surface area contributed by atoms with Crippen LogP contribution in [0.4, 0.5) is 0 Å². The molecule has 6 nitrogen and oxygen atoms in total. The zero-order valence-electron chi connectivity index (χ0n) is 12.7. The zero-order valence-corrected chi connectivity index (χ0v) is 12.7. The molecule has 2 aromatic heterocycles. The number of carbonyl (C=O) groups excluding carboxylic acids is 2. The van der Waals surface area contributed by atoms with E-state index in [4.69, 9.17) is 0 Å². The summed E-state index contributed by atoms with van der Waals surface area (Å²) in [6.45, 7) is 3.97. The van der Waals surface area contributed by atoms with E-state index in [9.17, 15) is 9.59 Å². The van der Waals surface area contributed by atoms with Crippen molar-refractivity contribution in [2.75, 3.05) is 7.11 Å². The molecule has 0 spiro atoms. The molecule has 0 amide bonds. The van der Waals surface area contributed by atoms with Crippen LogP contribution in [0.15, 0.2) is 36.7 Å². The molecule has 2 heterocycles.